The highest BCUT2D eigenvalue weighted by Crippen LogP contribution is 2.08. The zero-order chi connectivity index (χ0) is 9.68. The van der Waals surface area contributed by atoms with Crippen LogP contribution >= 0.6 is 0 Å². The molecule has 0 saturated heterocycles. The van der Waals surface area contributed by atoms with Crippen LogP contribution in [0.2, 0.25) is 0 Å². The molecule has 1 aliphatic rings. The van der Waals surface area contributed by atoms with Gasteiger partial charge in [-0.25, -0.2) is 4.79 Å². The van der Waals surface area contributed by atoms with Gasteiger partial charge < -0.3 is 26.6 Å². The first-order valence-electron chi connectivity index (χ1n) is 4.22. The number of terminal acetylenes is 1. The molecule has 4 heteroatoms. The summed E-state index contributed by atoms with van der Waals surface area (Å²) in [6.45, 7) is 1.70. The highest BCUT2D eigenvalue weighted by Gasteiger charge is 2.15. The van der Waals surface area contributed by atoms with Crippen molar-refractivity contribution in [1.82, 2.24) is 4.90 Å². The van der Waals surface area contributed by atoms with Crippen molar-refractivity contribution in [1.29, 1.82) is 0 Å². The van der Waals surface area contributed by atoms with Gasteiger partial charge in [0.1, 0.15) is 0 Å². The minimum atomic E-state index is -0.287. The van der Waals surface area contributed by atoms with Crippen LogP contribution < -0.4 is 17.0 Å². The maximum atomic E-state index is 11.3. The van der Waals surface area contributed by atoms with E-state index in [9.17, 15) is 4.79 Å². The molecule has 0 atom stereocenters. The van der Waals surface area contributed by atoms with Gasteiger partial charge in [0.05, 0.1) is 0 Å². The summed E-state index contributed by atoms with van der Waals surface area (Å²) in [5, 5.41) is 0. The first-order valence-corrected chi connectivity index (χ1v) is 4.22. The van der Waals surface area contributed by atoms with Crippen LogP contribution in [-0.4, -0.2) is 37.6 Å². The SMILES string of the molecule is C#CCOC(=O)C1=CCCN(C)C1.[Br-]. The Balaban J connectivity index is 0.00000169. The molecule has 1 aliphatic heterocycles. The van der Waals surface area contributed by atoms with Crippen molar-refractivity contribution in [3.05, 3.63) is 11.6 Å². The number of esters is 1. The molecular formula is C10H13BrNO2-. The molecule has 3 nitrogen and oxygen atoms in total. The van der Waals surface area contributed by atoms with Gasteiger partial charge in [-0.3, -0.25) is 0 Å². The molecule has 0 spiro atoms. The number of carbonyl (C=O) groups excluding carboxylic acids is 1. The van der Waals surface area contributed by atoms with Crippen molar-refractivity contribution in [2.45, 2.75) is 6.42 Å². The van der Waals surface area contributed by atoms with Crippen LogP contribution in [0, 0.1) is 12.3 Å². The van der Waals surface area contributed by atoms with Gasteiger partial charge in [-0.1, -0.05) is 12.0 Å². The van der Waals surface area contributed by atoms with E-state index in [1.54, 1.807) is 0 Å². The van der Waals surface area contributed by atoms with E-state index in [-0.39, 0.29) is 29.6 Å². The number of likely N-dealkylation sites (N-methyl/N-ethyl adjacent to an activating group) is 1. The summed E-state index contributed by atoms with van der Waals surface area (Å²) in [6.07, 6.45) is 7.79. The smallest absolute Gasteiger partial charge is 0.335 e. The first-order chi connectivity index (χ1) is 6.24. The maximum absolute atomic E-state index is 11.3. The number of ether oxygens (including phenoxy) is 1. The summed E-state index contributed by atoms with van der Waals surface area (Å²) in [5.41, 5.74) is 0.712. The van der Waals surface area contributed by atoms with E-state index < -0.39 is 0 Å². The Labute approximate surface area is 94.9 Å². The third kappa shape index (κ3) is 3.95. The van der Waals surface area contributed by atoms with E-state index in [1.807, 2.05) is 13.1 Å². The summed E-state index contributed by atoms with van der Waals surface area (Å²) >= 11 is 0. The van der Waals surface area contributed by atoms with E-state index >= 15 is 0 Å². The Kier molecular flexibility index (Phi) is 6.26. The number of hydrogen-bond donors (Lipinski definition) is 0. The summed E-state index contributed by atoms with van der Waals surface area (Å²) in [4.78, 5) is 13.4. The van der Waals surface area contributed by atoms with Crippen molar-refractivity contribution in [3.63, 3.8) is 0 Å². The number of nitrogens with zero attached hydrogens (tertiary/aromatic N) is 1. The summed E-state index contributed by atoms with van der Waals surface area (Å²) in [5.74, 6) is 1.98. The summed E-state index contributed by atoms with van der Waals surface area (Å²) < 4.78 is 4.81. The van der Waals surface area contributed by atoms with Crippen LogP contribution in [-0.2, 0) is 9.53 Å². The second-order valence-corrected chi connectivity index (χ2v) is 3.04. The molecule has 1 heterocycles. The normalized spacial score (nSPS) is 16.1. The number of halogens is 1. The van der Waals surface area contributed by atoms with Crippen LogP contribution in [0.3, 0.4) is 0 Å². The molecule has 1 rings (SSSR count). The van der Waals surface area contributed by atoms with Gasteiger partial charge in [-0.2, -0.15) is 0 Å². The van der Waals surface area contributed by atoms with Crippen LogP contribution in [0.5, 0.6) is 0 Å². The minimum absolute atomic E-state index is 0. The molecule has 0 N–H and O–H groups in total. The fourth-order valence-corrected chi connectivity index (χ4v) is 1.24. The Morgan fingerprint density at radius 3 is 3.07 bits per heavy atom. The standard InChI is InChI=1S/C10H13NO2.BrH/c1-3-7-13-10(12)9-5-4-6-11(2)8-9;/h1,5H,4,6-8H2,2H3;1H/p-1. The number of carbonyl (C=O) groups is 1. The second-order valence-electron chi connectivity index (χ2n) is 3.04. The van der Waals surface area contributed by atoms with Crippen molar-refractivity contribution in [2.24, 2.45) is 0 Å². The van der Waals surface area contributed by atoms with Gasteiger partial charge in [-0.05, 0) is 13.5 Å². The zero-order valence-corrected chi connectivity index (χ0v) is 9.71. The molecule has 14 heavy (non-hydrogen) atoms. The highest BCUT2D eigenvalue weighted by molar-refractivity contribution is 5.89. The van der Waals surface area contributed by atoms with E-state index in [0.717, 1.165) is 13.0 Å². The second kappa shape index (κ2) is 6.63. The molecular weight excluding hydrogens is 246 g/mol. The van der Waals surface area contributed by atoms with E-state index in [1.165, 1.54) is 0 Å². The largest absolute Gasteiger partial charge is 1.00 e. The van der Waals surface area contributed by atoms with Gasteiger partial charge >= 0.3 is 5.97 Å². The van der Waals surface area contributed by atoms with Crippen molar-refractivity contribution in [2.75, 3.05) is 26.7 Å². The molecule has 0 aromatic carbocycles. The lowest BCUT2D eigenvalue weighted by Gasteiger charge is -2.21. The van der Waals surface area contributed by atoms with Gasteiger partial charge in [0, 0.05) is 18.7 Å². The van der Waals surface area contributed by atoms with Crippen LogP contribution in [0.15, 0.2) is 11.6 Å². The Hall–Kier alpha value is -0.790. The van der Waals surface area contributed by atoms with Gasteiger partial charge in [-0.15, -0.1) is 6.42 Å². The van der Waals surface area contributed by atoms with Gasteiger partial charge in [0.15, 0.2) is 6.61 Å². The lowest BCUT2D eigenvalue weighted by Crippen LogP contribution is -3.00. The van der Waals surface area contributed by atoms with E-state index in [4.69, 9.17) is 11.2 Å². The quantitative estimate of drug-likeness (QED) is 0.403. The van der Waals surface area contributed by atoms with Crippen LogP contribution in [0.1, 0.15) is 6.42 Å². The Morgan fingerprint density at radius 1 is 1.79 bits per heavy atom. The van der Waals surface area contributed by atoms with Crippen molar-refractivity contribution < 1.29 is 26.5 Å². The fraction of sp³-hybridized carbons (Fsp3) is 0.500. The predicted octanol–water partition coefficient (Wildman–Crippen LogP) is -2.57. The molecule has 0 fully saturated rings. The highest BCUT2D eigenvalue weighted by atomic mass is 79.9. The van der Waals surface area contributed by atoms with Crippen LogP contribution in [0.4, 0.5) is 0 Å². The van der Waals surface area contributed by atoms with E-state index in [0.29, 0.717) is 12.1 Å². The molecule has 0 saturated carbocycles. The summed E-state index contributed by atoms with van der Waals surface area (Å²) in [7, 11) is 1.97. The molecule has 0 bridgehead atoms. The lowest BCUT2D eigenvalue weighted by atomic mass is 10.1. The summed E-state index contributed by atoms with van der Waals surface area (Å²) in [6, 6.07) is 0. The van der Waals surface area contributed by atoms with E-state index in [2.05, 4.69) is 10.8 Å². The Bertz CT molecular complexity index is 268. The van der Waals surface area contributed by atoms with Gasteiger partial charge in [0.2, 0.25) is 0 Å². The average molecular weight is 259 g/mol. The molecule has 78 valence electrons. The molecule has 0 aromatic rings. The molecule has 0 aromatic heterocycles. The van der Waals surface area contributed by atoms with Crippen molar-refractivity contribution >= 4 is 5.97 Å². The van der Waals surface area contributed by atoms with Crippen molar-refractivity contribution in [3.8, 4) is 12.3 Å². The lowest BCUT2D eigenvalue weighted by molar-refractivity contribution is -0.138. The predicted molar refractivity (Wildman–Crippen MR) is 50.0 cm³/mol. The number of rotatable bonds is 2. The molecule has 0 radical (unpaired) electrons. The minimum Gasteiger partial charge on any atom is -1.00 e. The number of hydrogen-bond acceptors (Lipinski definition) is 3. The molecule has 0 aliphatic carbocycles. The monoisotopic (exact) mass is 258 g/mol. The maximum Gasteiger partial charge on any atom is 0.335 e. The molecule has 0 unspecified atom stereocenters. The average Bonchev–Trinajstić information content (AvgIpc) is 2.14. The van der Waals surface area contributed by atoms with Gasteiger partial charge in [0.25, 0.3) is 0 Å². The van der Waals surface area contributed by atoms with Crippen LogP contribution in [0.25, 0.3) is 0 Å². The fourth-order valence-electron chi connectivity index (χ4n) is 1.24. The third-order valence-electron chi connectivity index (χ3n) is 1.89. The molecule has 0 amide bonds. The first kappa shape index (κ1) is 13.2. The zero-order valence-electron chi connectivity index (χ0n) is 8.12. The topological polar surface area (TPSA) is 29.5 Å². The third-order valence-corrected chi connectivity index (χ3v) is 1.89. The Morgan fingerprint density at radius 2 is 2.50 bits per heavy atom.